The zero-order valence-corrected chi connectivity index (χ0v) is 19.8. The van der Waals surface area contributed by atoms with Gasteiger partial charge in [0.05, 0.1) is 5.56 Å². The molecule has 0 radical (unpaired) electrons. The fourth-order valence-electron chi connectivity index (χ4n) is 2.82. The minimum atomic E-state index is -0.604. The molecule has 0 saturated heterocycles. The minimum Gasteiger partial charge on any atom is -0.505 e. The van der Waals surface area contributed by atoms with Crippen LogP contribution < -0.4 is 10.6 Å². The number of thioether (sulfide) groups is 1. The van der Waals surface area contributed by atoms with E-state index in [4.69, 9.17) is 4.74 Å². The monoisotopic (exact) mass is 491 g/mol. The van der Waals surface area contributed by atoms with Gasteiger partial charge in [0.1, 0.15) is 17.2 Å². The molecule has 0 aliphatic heterocycles. The lowest BCUT2D eigenvalue weighted by Gasteiger charge is -2.24. The molecule has 2 heterocycles. The van der Waals surface area contributed by atoms with Crippen LogP contribution in [0.2, 0.25) is 0 Å². The summed E-state index contributed by atoms with van der Waals surface area (Å²) in [6.07, 6.45) is 4.06. The van der Waals surface area contributed by atoms with Crippen molar-refractivity contribution in [3.63, 3.8) is 0 Å². The van der Waals surface area contributed by atoms with E-state index >= 15 is 0 Å². The highest BCUT2D eigenvalue weighted by atomic mass is 32.2. The number of esters is 1. The van der Waals surface area contributed by atoms with Crippen LogP contribution >= 0.6 is 23.1 Å². The van der Waals surface area contributed by atoms with E-state index in [1.54, 1.807) is 36.2 Å². The number of hydrogen-bond donors (Lipinski definition) is 3. The lowest BCUT2D eigenvalue weighted by atomic mass is 10.1. The lowest BCUT2D eigenvalue weighted by molar-refractivity contribution is -0.155. The van der Waals surface area contributed by atoms with Crippen LogP contribution in [0.25, 0.3) is 10.9 Å². The van der Waals surface area contributed by atoms with Crippen LogP contribution in [0.15, 0.2) is 30.5 Å². The Morgan fingerprint density at radius 1 is 1.21 bits per heavy atom. The number of carbonyl (C=O) groups is 2. The van der Waals surface area contributed by atoms with Gasteiger partial charge in [-0.05, 0) is 51.3 Å². The zero-order valence-electron chi connectivity index (χ0n) is 18.2. The first-order valence-corrected chi connectivity index (χ1v) is 12.1. The molecule has 1 aromatic carbocycles. The van der Waals surface area contributed by atoms with E-state index in [2.05, 4.69) is 25.8 Å². The number of amides is 1. The summed E-state index contributed by atoms with van der Waals surface area (Å²) in [5, 5.41) is 25.4. The summed E-state index contributed by atoms with van der Waals surface area (Å²) in [5.74, 6) is -0.357. The molecular formula is C22H29N5O4S2. The highest BCUT2D eigenvalue weighted by Crippen LogP contribution is 2.28. The van der Waals surface area contributed by atoms with Gasteiger partial charge in [-0.1, -0.05) is 30.9 Å². The Bertz CT molecular complexity index is 1110. The number of aromatic hydroxyl groups is 1. The number of rotatable bonds is 8. The molecule has 1 amide bonds. The Kier molecular flexibility index (Phi) is 9.00. The van der Waals surface area contributed by atoms with Gasteiger partial charge < -0.3 is 15.2 Å². The fraction of sp³-hybridized carbons (Fsp3) is 0.409. The van der Waals surface area contributed by atoms with E-state index in [9.17, 15) is 14.7 Å². The predicted octanol–water partition coefficient (Wildman–Crippen LogP) is 4.56. The topological polar surface area (TPSA) is 126 Å². The molecule has 0 spiro atoms. The van der Waals surface area contributed by atoms with E-state index < -0.39 is 17.6 Å². The largest absolute Gasteiger partial charge is 0.505 e. The summed E-state index contributed by atoms with van der Waals surface area (Å²) < 4.78 is 5.49. The van der Waals surface area contributed by atoms with Crippen molar-refractivity contribution in [2.45, 2.75) is 46.3 Å². The second kappa shape index (κ2) is 11.3. The van der Waals surface area contributed by atoms with Gasteiger partial charge in [0.2, 0.25) is 10.3 Å². The predicted molar refractivity (Wildman–Crippen MR) is 134 cm³/mol. The van der Waals surface area contributed by atoms with E-state index in [1.807, 2.05) is 27.0 Å². The van der Waals surface area contributed by atoms with E-state index in [0.29, 0.717) is 17.1 Å². The van der Waals surface area contributed by atoms with Crippen molar-refractivity contribution >= 4 is 56.1 Å². The van der Waals surface area contributed by atoms with E-state index in [-0.39, 0.29) is 29.8 Å². The Labute approximate surface area is 201 Å². The van der Waals surface area contributed by atoms with Gasteiger partial charge in [-0.15, -0.1) is 10.2 Å². The molecule has 0 aliphatic rings. The summed E-state index contributed by atoms with van der Waals surface area (Å²) in [6, 6.07) is 6.19. The first-order chi connectivity index (χ1) is 15.2. The molecule has 1 atom stereocenters. The average molecular weight is 492 g/mol. The molecule has 9 nitrogen and oxygen atoms in total. The smallest absolute Gasteiger partial charge is 0.329 e. The molecule has 0 fully saturated rings. The summed E-state index contributed by atoms with van der Waals surface area (Å²) >= 11 is 2.71. The maximum atomic E-state index is 12.7. The fourth-order valence-corrected chi connectivity index (χ4v) is 3.98. The van der Waals surface area contributed by atoms with E-state index in [1.165, 1.54) is 6.07 Å². The SMILES string of the molecule is C.CSCC[C@H](Nc1nnc(NC(=O)c2ccc3cccnc3c2O)s1)C(=O)OC(C)(C)C. The highest BCUT2D eigenvalue weighted by molar-refractivity contribution is 7.98. The van der Waals surface area contributed by atoms with Gasteiger partial charge in [-0.3, -0.25) is 15.1 Å². The quantitative estimate of drug-likeness (QED) is 0.389. The van der Waals surface area contributed by atoms with Gasteiger partial charge in [0.25, 0.3) is 5.91 Å². The number of phenolic OH excluding ortho intramolecular Hbond substituents is 1. The molecule has 0 unspecified atom stereocenters. The van der Waals surface area contributed by atoms with Crippen LogP contribution in [0.4, 0.5) is 10.3 Å². The van der Waals surface area contributed by atoms with E-state index in [0.717, 1.165) is 22.5 Å². The molecule has 3 N–H and O–H groups in total. The Balaban J connectivity index is 0.00000385. The average Bonchev–Trinajstić information content (AvgIpc) is 3.17. The second-order valence-electron chi connectivity index (χ2n) is 7.92. The van der Waals surface area contributed by atoms with Crippen molar-refractivity contribution in [2.24, 2.45) is 0 Å². The maximum absolute atomic E-state index is 12.7. The first-order valence-electron chi connectivity index (χ1n) is 9.88. The number of ether oxygens (including phenoxy) is 1. The first kappa shape index (κ1) is 26.3. The number of fused-ring (bicyclic) bond motifs is 1. The third-order valence-electron chi connectivity index (χ3n) is 4.24. The van der Waals surface area contributed by atoms with Gasteiger partial charge in [0.15, 0.2) is 5.75 Å². The summed E-state index contributed by atoms with van der Waals surface area (Å²) in [6.45, 7) is 5.44. The second-order valence-corrected chi connectivity index (χ2v) is 9.88. The number of pyridine rings is 1. The molecule has 33 heavy (non-hydrogen) atoms. The number of carbonyl (C=O) groups excluding carboxylic acids is 2. The lowest BCUT2D eigenvalue weighted by Crippen LogP contribution is -2.37. The normalized spacial score (nSPS) is 12.0. The van der Waals surface area contributed by atoms with Crippen molar-refractivity contribution in [3.8, 4) is 5.75 Å². The van der Waals surface area contributed by atoms with Crippen LogP contribution in [0.1, 0.15) is 45.0 Å². The van der Waals surface area contributed by atoms with Crippen molar-refractivity contribution in [1.82, 2.24) is 15.2 Å². The van der Waals surface area contributed by atoms with Gasteiger partial charge in [0, 0.05) is 11.6 Å². The zero-order chi connectivity index (χ0) is 23.3. The maximum Gasteiger partial charge on any atom is 0.329 e. The summed E-state index contributed by atoms with van der Waals surface area (Å²) in [4.78, 5) is 29.3. The molecule has 0 aliphatic carbocycles. The third kappa shape index (κ3) is 7.03. The standard InChI is InChI=1S/C21H25N5O4S2.CH4/c1-21(2,3)30-18(29)14(9-11-31-4)23-19-25-26-20(32-19)24-17(28)13-8-7-12-6-5-10-22-15(12)16(13)27;/h5-8,10,14,27H,9,11H2,1-4H3,(H,23,25)(H,24,26,28);1H4/t14-;/m0./s1. The number of hydrogen-bond acceptors (Lipinski definition) is 10. The van der Waals surface area contributed by atoms with Crippen LogP contribution in [0, 0.1) is 0 Å². The molecule has 11 heteroatoms. The van der Waals surface area contributed by atoms with Crippen LogP contribution in [-0.2, 0) is 9.53 Å². The molecule has 2 aromatic heterocycles. The molecule has 3 rings (SSSR count). The summed E-state index contributed by atoms with van der Waals surface area (Å²) in [5.41, 5.74) is -0.186. The van der Waals surface area contributed by atoms with Crippen molar-refractivity contribution in [2.75, 3.05) is 22.6 Å². The van der Waals surface area contributed by atoms with Crippen molar-refractivity contribution < 1.29 is 19.4 Å². The summed E-state index contributed by atoms with van der Waals surface area (Å²) in [7, 11) is 0. The number of aromatic nitrogens is 3. The number of anilines is 2. The minimum absolute atomic E-state index is 0. The third-order valence-corrected chi connectivity index (χ3v) is 5.65. The Morgan fingerprint density at radius 3 is 2.64 bits per heavy atom. The Hall–Kier alpha value is -2.92. The van der Waals surface area contributed by atoms with Crippen LogP contribution in [0.3, 0.4) is 0 Å². The molecule has 0 saturated carbocycles. The van der Waals surface area contributed by atoms with Crippen LogP contribution in [0.5, 0.6) is 5.75 Å². The number of benzene rings is 1. The number of nitrogens with one attached hydrogen (secondary N) is 2. The molecule has 178 valence electrons. The number of nitrogens with zero attached hydrogens (tertiary/aromatic N) is 3. The highest BCUT2D eigenvalue weighted by Gasteiger charge is 2.26. The van der Waals surface area contributed by atoms with Gasteiger partial charge in [-0.2, -0.15) is 11.8 Å². The molecule has 0 bridgehead atoms. The Morgan fingerprint density at radius 2 is 1.94 bits per heavy atom. The van der Waals surface area contributed by atoms with Crippen molar-refractivity contribution in [1.29, 1.82) is 0 Å². The van der Waals surface area contributed by atoms with Crippen LogP contribution in [-0.4, -0.2) is 55.8 Å². The van der Waals surface area contributed by atoms with Crippen molar-refractivity contribution in [3.05, 3.63) is 36.0 Å². The van der Waals surface area contributed by atoms with Gasteiger partial charge >= 0.3 is 5.97 Å². The molecular weight excluding hydrogens is 462 g/mol. The number of phenols is 1. The van der Waals surface area contributed by atoms with Gasteiger partial charge in [-0.25, -0.2) is 4.79 Å². The molecule has 3 aromatic rings.